The zero-order valence-electron chi connectivity index (χ0n) is 32.9. The molecule has 3 heteroatoms. The van der Waals surface area contributed by atoms with Gasteiger partial charge in [-0.05, 0) is 117 Å². The molecular formula is C57H39N3. The van der Waals surface area contributed by atoms with Gasteiger partial charge < -0.3 is 14.5 Å². The second-order valence-electron chi connectivity index (χ2n) is 16.5. The van der Waals surface area contributed by atoms with Gasteiger partial charge in [-0.15, -0.1) is 0 Å². The van der Waals surface area contributed by atoms with Crippen LogP contribution < -0.4 is 4.90 Å². The van der Waals surface area contributed by atoms with Gasteiger partial charge in [-0.1, -0.05) is 146 Å². The van der Waals surface area contributed by atoms with Crippen molar-refractivity contribution in [3.05, 3.63) is 240 Å². The van der Waals surface area contributed by atoms with Crippen molar-refractivity contribution < 1.29 is 0 Å². The third-order valence-electron chi connectivity index (χ3n) is 13.6. The highest BCUT2D eigenvalue weighted by molar-refractivity contribution is 6.16. The van der Waals surface area contributed by atoms with Crippen molar-refractivity contribution in [2.24, 2.45) is 0 Å². The van der Waals surface area contributed by atoms with Crippen molar-refractivity contribution >= 4 is 49.8 Å². The maximum absolute atomic E-state index is 3.74. The monoisotopic (exact) mass is 765 g/mol. The van der Waals surface area contributed by atoms with E-state index in [4.69, 9.17) is 0 Å². The molecule has 8 aromatic carbocycles. The number of fused-ring (bicyclic) bond motifs is 15. The van der Waals surface area contributed by atoms with E-state index in [1.807, 2.05) is 0 Å². The first-order valence-corrected chi connectivity index (χ1v) is 21.0. The Labute approximate surface area is 348 Å². The molecular weight excluding hydrogens is 727 g/mol. The van der Waals surface area contributed by atoms with Crippen LogP contribution in [0.4, 0.5) is 17.1 Å². The number of aromatic nitrogens is 2. The van der Waals surface area contributed by atoms with E-state index in [-0.39, 0.29) is 5.41 Å². The van der Waals surface area contributed by atoms with Crippen LogP contribution in [0.2, 0.25) is 0 Å². The summed E-state index contributed by atoms with van der Waals surface area (Å²) in [7, 11) is 0. The Kier molecular flexibility index (Phi) is 7.06. The third-order valence-corrected chi connectivity index (χ3v) is 13.6. The largest absolute Gasteiger partial charge is 0.353 e. The van der Waals surface area contributed by atoms with Crippen molar-refractivity contribution in [2.75, 3.05) is 4.90 Å². The lowest BCUT2D eigenvalue weighted by Crippen LogP contribution is -2.27. The number of allylic oxidation sites excluding steroid dienone is 4. The van der Waals surface area contributed by atoms with Crippen LogP contribution in [0.5, 0.6) is 0 Å². The van der Waals surface area contributed by atoms with Crippen LogP contribution in [0.25, 0.3) is 60.6 Å². The third kappa shape index (κ3) is 4.60. The predicted molar refractivity (Wildman–Crippen MR) is 249 cm³/mol. The Morgan fingerprint density at radius 1 is 0.550 bits per heavy atom. The highest BCUT2D eigenvalue weighted by Gasteiger charge is 2.54. The quantitative estimate of drug-likeness (QED) is 0.185. The Hall–Kier alpha value is -7.62. The summed E-state index contributed by atoms with van der Waals surface area (Å²) in [5.41, 5.74) is 19.8. The summed E-state index contributed by atoms with van der Waals surface area (Å²) in [5.74, 6) is 0.360. The molecule has 3 aliphatic carbocycles. The van der Waals surface area contributed by atoms with Crippen LogP contribution in [0.1, 0.15) is 34.6 Å². The van der Waals surface area contributed by atoms with Gasteiger partial charge >= 0.3 is 0 Å². The molecule has 0 fully saturated rings. The Bertz CT molecular complexity index is 3400. The van der Waals surface area contributed by atoms with E-state index in [2.05, 4.69) is 227 Å². The molecule has 0 saturated carbocycles. The van der Waals surface area contributed by atoms with Gasteiger partial charge in [0, 0.05) is 56.5 Å². The number of anilines is 3. The molecule has 0 bridgehead atoms. The molecule has 3 nitrogen and oxygen atoms in total. The second kappa shape index (κ2) is 12.7. The molecule has 1 N–H and O–H groups in total. The minimum absolute atomic E-state index is 0.357. The van der Waals surface area contributed by atoms with E-state index in [0.717, 1.165) is 40.2 Å². The van der Waals surface area contributed by atoms with Crippen molar-refractivity contribution in [1.29, 1.82) is 0 Å². The number of nitrogens with zero attached hydrogens (tertiary/aromatic N) is 2. The average Bonchev–Trinajstić information content (AvgIpc) is 4.07. The first-order chi connectivity index (χ1) is 29.8. The standard InChI is InChI=1S/C57H39N3/c1-2-12-37(13-3-1)38-22-25-41(26-23-38)60(42-29-27-40(28-30-42)59-35-34-39-24-32-49-48-17-7-11-21-54(48)58-55(49)56(39)59)43-31-33-47-46-16-6-10-20-52(46)57(53(47)36-43)50-18-8-4-14-44(50)45-15-5-9-19-51(45)57/h1-14,16-36,45,58H,15H2. The number of para-hydroxylation sites is 1. The van der Waals surface area contributed by atoms with Crippen molar-refractivity contribution in [2.45, 2.75) is 17.8 Å². The van der Waals surface area contributed by atoms with Gasteiger partial charge in [0.15, 0.2) is 0 Å². The highest BCUT2D eigenvalue weighted by atomic mass is 15.1. The molecule has 10 aromatic rings. The summed E-state index contributed by atoms with van der Waals surface area (Å²) in [6, 6.07) is 69.6. The van der Waals surface area contributed by atoms with Crippen LogP contribution >= 0.6 is 0 Å². The fraction of sp³-hybridized carbons (Fsp3) is 0.0526. The summed E-state index contributed by atoms with van der Waals surface area (Å²) >= 11 is 0. The zero-order valence-corrected chi connectivity index (χ0v) is 32.9. The molecule has 2 unspecified atom stereocenters. The molecule has 13 rings (SSSR count). The molecule has 60 heavy (non-hydrogen) atoms. The average molecular weight is 766 g/mol. The SMILES string of the molecule is C1=CCC2C(=C1)C1(c3ccccc3-c3ccc(N(c4ccc(-c5ccccc5)cc4)c4ccc(-n5ccc6ccc7c8ccccc8[nH]c7c65)cc4)cc31)c1ccccc12. The van der Waals surface area contributed by atoms with Gasteiger partial charge in [0.2, 0.25) is 0 Å². The predicted octanol–water partition coefficient (Wildman–Crippen LogP) is 14.7. The van der Waals surface area contributed by atoms with Crippen molar-refractivity contribution in [1.82, 2.24) is 9.55 Å². The fourth-order valence-electron chi connectivity index (χ4n) is 11.0. The molecule has 0 radical (unpaired) electrons. The second-order valence-corrected chi connectivity index (χ2v) is 16.5. The van der Waals surface area contributed by atoms with Crippen LogP contribution in [0.15, 0.2) is 218 Å². The van der Waals surface area contributed by atoms with Crippen molar-refractivity contribution in [3.63, 3.8) is 0 Å². The van der Waals surface area contributed by atoms with Crippen LogP contribution in [-0.2, 0) is 5.41 Å². The topological polar surface area (TPSA) is 24.0 Å². The molecule has 0 amide bonds. The minimum Gasteiger partial charge on any atom is -0.353 e. The number of H-pyrrole nitrogens is 1. The summed E-state index contributed by atoms with van der Waals surface area (Å²) < 4.78 is 2.33. The van der Waals surface area contributed by atoms with E-state index in [1.165, 1.54) is 71.8 Å². The van der Waals surface area contributed by atoms with E-state index in [9.17, 15) is 0 Å². The molecule has 3 aliphatic rings. The molecule has 0 saturated heterocycles. The Morgan fingerprint density at radius 2 is 1.25 bits per heavy atom. The summed E-state index contributed by atoms with van der Waals surface area (Å²) in [5, 5.41) is 3.71. The normalized spacial score (nSPS) is 17.2. The number of aromatic amines is 1. The summed E-state index contributed by atoms with van der Waals surface area (Å²) in [4.78, 5) is 6.18. The molecule has 282 valence electrons. The van der Waals surface area contributed by atoms with Gasteiger partial charge in [0.25, 0.3) is 0 Å². The number of rotatable bonds is 5. The molecule has 1 spiro atoms. The van der Waals surface area contributed by atoms with Crippen molar-refractivity contribution in [3.8, 4) is 27.9 Å². The van der Waals surface area contributed by atoms with E-state index >= 15 is 0 Å². The highest BCUT2D eigenvalue weighted by Crippen LogP contribution is 2.65. The fourth-order valence-corrected chi connectivity index (χ4v) is 11.0. The van der Waals surface area contributed by atoms with Gasteiger partial charge in [0.05, 0.1) is 16.4 Å². The maximum atomic E-state index is 3.74. The number of hydrogen-bond donors (Lipinski definition) is 1. The van der Waals surface area contributed by atoms with Gasteiger partial charge in [0.1, 0.15) is 0 Å². The first-order valence-electron chi connectivity index (χ1n) is 21.0. The number of hydrogen-bond acceptors (Lipinski definition) is 1. The minimum atomic E-state index is -0.357. The smallest absolute Gasteiger partial charge is 0.0771 e. The van der Waals surface area contributed by atoms with E-state index in [0.29, 0.717) is 5.92 Å². The van der Waals surface area contributed by atoms with Gasteiger partial charge in [-0.3, -0.25) is 0 Å². The van der Waals surface area contributed by atoms with Gasteiger partial charge in [-0.25, -0.2) is 0 Å². The lowest BCUT2D eigenvalue weighted by molar-refractivity contribution is 0.708. The summed E-state index contributed by atoms with van der Waals surface area (Å²) in [6.07, 6.45) is 10.3. The van der Waals surface area contributed by atoms with Crippen LogP contribution in [0, 0.1) is 0 Å². The van der Waals surface area contributed by atoms with E-state index < -0.39 is 0 Å². The number of benzene rings is 8. The van der Waals surface area contributed by atoms with Crippen LogP contribution in [0.3, 0.4) is 0 Å². The number of nitrogens with one attached hydrogen (secondary N) is 1. The molecule has 2 aromatic heterocycles. The molecule has 0 aliphatic heterocycles. The maximum Gasteiger partial charge on any atom is 0.0771 e. The Morgan fingerprint density at radius 3 is 2.12 bits per heavy atom. The molecule has 2 heterocycles. The van der Waals surface area contributed by atoms with Crippen LogP contribution in [-0.4, -0.2) is 9.55 Å². The van der Waals surface area contributed by atoms with Gasteiger partial charge in [-0.2, -0.15) is 0 Å². The van der Waals surface area contributed by atoms with E-state index in [1.54, 1.807) is 0 Å². The molecule has 2 atom stereocenters. The first kappa shape index (κ1) is 33.4. The lowest BCUT2D eigenvalue weighted by atomic mass is 9.69. The lowest BCUT2D eigenvalue weighted by Gasteiger charge is -2.34. The summed E-state index contributed by atoms with van der Waals surface area (Å²) in [6.45, 7) is 0. The zero-order chi connectivity index (χ0) is 39.4. The Balaban J connectivity index is 0.991.